The van der Waals surface area contributed by atoms with Gasteiger partial charge in [0.1, 0.15) is 17.0 Å². The number of aliphatic hydroxyl groups excluding tert-OH is 1. The summed E-state index contributed by atoms with van der Waals surface area (Å²) in [6.45, 7) is 5.31. The number of nitrogens with zero attached hydrogens (tertiary/aromatic N) is 4. The molecule has 0 spiro atoms. The zero-order chi connectivity index (χ0) is 25.3. The average molecular weight is 512 g/mol. The highest BCUT2D eigenvalue weighted by atomic mass is 35.5. The summed E-state index contributed by atoms with van der Waals surface area (Å²) in [5, 5.41) is 22.5. The molecule has 0 amide bonds. The Bertz CT molecular complexity index is 1460. The van der Waals surface area contributed by atoms with Gasteiger partial charge in [-0.3, -0.25) is 4.98 Å². The lowest BCUT2D eigenvalue weighted by Crippen LogP contribution is -2.18. The van der Waals surface area contributed by atoms with Crippen molar-refractivity contribution < 1.29 is 13.9 Å². The molecule has 0 aliphatic rings. The van der Waals surface area contributed by atoms with Crippen LogP contribution in [0, 0.1) is 29.9 Å². The van der Waals surface area contributed by atoms with Crippen LogP contribution in [-0.2, 0) is 0 Å². The standard InChI is InChI=1S/C25H21ClF2N5OP/c1-13-22(26)25(32-20(12-34)16-8-14(10-29)4-6-17(16)27)24-19(31-13)9-18(28)23(33-24)15-5-7-21(30-11-15)35(2)3/h4-9,11,20,34H,12H2,1-3H3,(H,31,32). The Labute approximate surface area is 207 Å². The molecule has 3 aromatic heterocycles. The molecular formula is C25H21ClF2N5OP. The second kappa shape index (κ2) is 10.2. The number of nitrogens with one attached hydrogen (secondary N) is 1. The molecule has 2 N–H and O–H groups in total. The number of pyridine rings is 3. The summed E-state index contributed by atoms with van der Waals surface area (Å²) in [6, 6.07) is 9.75. The first-order valence-corrected chi connectivity index (χ1v) is 13.2. The summed E-state index contributed by atoms with van der Waals surface area (Å²) in [5.74, 6) is -1.17. The van der Waals surface area contributed by atoms with E-state index < -0.39 is 32.2 Å². The van der Waals surface area contributed by atoms with Crippen molar-refractivity contribution >= 4 is 41.7 Å². The second-order valence-electron chi connectivity index (χ2n) is 8.10. The molecular weight excluding hydrogens is 491 g/mol. The fraction of sp³-hybridized carbons (Fsp3) is 0.200. The predicted molar refractivity (Wildman–Crippen MR) is 135 cm³/mol. The first kappa shape index (κ1) is 24.9. The molecule has 0 aliphatic carbocycles. The minimum absolute atomic E-state index is 0.0658. The molecule has 4 rings (SSSR count). The molecule has 10 heteroatoms. The van der Waals surface area contributed by atoms with Crippen LogP contribution in [0.3, 0.4) is 0 Å². The average Bonchev–Trinajstić information content (AvgIpc) is 2.85. The van der Waals surface area contributed by atoms with E-state index in [-0.39, 0.29) is 38.6 Å². The van der Waals surface area contributed by atoms with Crippen LogP contribution < -0.4 is 10.8 Å². The van der Waals surface area contributed by atoms with Gasteiger partial charge in [0.15, 0.2) is 5.82 Å². The number of hydrogen-bond acceptors (Lipinski definition) is 6. The van der Waals surface area contributed by atoms with Crippen molar-refractivity contribution in [3.8, 4) is 17.3 Å². The number of aliphatic hydroxyl groups is 1. The monoisotopic (exact) mass is 511 g/mol. The van der Waals surface area contributed by atoms with E-state index in [1.165, 1.54) is 18.2 Å². The third-order valence-corrected chi connectivity index (χ3v) is 7.14. The zero-order valence-electron chi connectivity index (χ0n) is 19.1. The molecule has 0 radical (unpaired) electrons. The molecule has 6 nitrogen and oxygen atoms in total. The highest BCUT2D eigenvalue weighted by Crippen LogP contribution is 2.36. The van der Waals surface area contributed by atoms with E-state index in [1.807, 2.05) is 12.1 Å². The lowest BCUT2D eigenvalue weighted by Gasteiger charge is -2.21. The van der Waals surface area contributed by atoms with Gasteiger partial charge in [0, 0.05) is 23.4 Å². The van der Waals surface area contributed by atoms with Gasteiger partial charge in [0.2, 0.25) is 0 Å². The van der Waals surface area contributed by atoms with Gasteiger partial charge in [-0.25, -0.2) is 18.7 Å². The minimum Gasteiger partial charge on any atom is -0.394 e. The summed E-state index contributed by atoms with van der Waals surface area (Å²) < 4.78 is 29.6. The molecule has 0 saturated heterocycles. The highest BCUT2D eigenvalue weighted by Gasteiger charge is 2.22. The molecule has 35 heavy (non-hydrogen) atoms. The van der Waals surface area contributed by atoms with Crippen LogP contribution in [0.25, 0.3) is 22.3 Å². The number of halogens is 3. The number of rotatable bonds is 6. The summed E-state index contributed by atoms with van der Waals surface area (Å²) in [6.07, 6.45) is 1.57. The Hall–Kier alpha value is -3.24. The Morgan fingerprint density at radius 3 is 2.54 bits per heavy atom. The van der Waals surface area contributed by atoms with Crippen LogP contribution in [-0.4, -0.2) is 40.0 Å². The number of hydrogen-bond donors (Lipinski definition) is 2. The van der Waals surface area contributed by atoms with Crippen molar-refractivity contribution in [1.82, 2.24) is 15.0 Å². The summed E-state index contributed by atoms with van der Waals surface area (Å²) >= 11 is 6.56. The quantitative estimate of drug-likeness (QED) is 0.340. The van der Waals surface area contributed by atoms with Gasteiger partial charge in [-0.05, 0) is 50.6 Å². The third-order valence-electron chi connectivity index (χ3n) is 5.50. The van der Waals surface area contributed by atoms with E-state index in [0.717, 1.165) is 11.5 Å². The zero-order valence-corrected chi connectivity index (χ0v) is 20.8. The van der Waals surface area contributed by atoms with Gasteiger partial charge >= 0.3 is 0 Å². The minimum atomic E-state index is -0.949. The Balaban J connectivity index is 1.86. The van der Waals surface area contributed by atoms with Crippen LogP contribution in [0.2, 0.25) is 5.02 Å². The van der Waals surface area contributed by atoms with Crippen LogP contribution in [0.5, 0.6) is 0 Å². The van der Waals surface area contributed by atoms with Crippen LogP contribution in [0.1, 0.15) is 22.9 Å². The van der Waals surface area contributed by atoms with E-state index in [2.05, 4.69) is 33.6 Å². The first-order valence-electron chi connectivity index (χ1n) is 10.6. The number of anilines is 1. The van der Waals surface area contributed by atoms with Crippen molar-refractivity contribution in [1.29, 1.82) is 5.26 Å². The Kier molecular flexibility index (Phi) is 7.23. The van der Waals surface area contributed by atoms with Gasteiger partial charge in [0.25, 0.3) is 0 Å². The molecule has 1 aromatic carbocycles. The maximum Gasteiger partial charge on any atom is 0.151 e. The van der Waals surface area contributed by atoms with E-state index in [0.29, 0.717) is 11.3 Å². The lowest BCUT2D eigenvalue weighted by atomic mass is 10.0. The van der Waals surface area contributed by atoms with E-state index in [1.54, 1.807) is 19.2 Å². The number of nitriles is 1. The first-order chi connectivity index (χ1) is 16.7. The van der Waals surface area contributed by atoms with Gasteiger partial charge in [-0.2, -0.15) is 5.26 Å². The largest absolute Gasteiger partial charge is 0.394 e. The Morgan fingerprint density at radius 1 is 1.14 bits per heavy atom. The molecule has 0 bridgehead atoms. The number of aryl methyl sites for hydroxylation is 1. The van der Waals surface area contributed by atoms with Gasteiger partial charge in [-0.1, -0.05) is 19.5 Å². The van der Waals surface area contributed by atoms with E-state index in [4.69, 9.17) is 11.6 Å². The highest BCUT2D eigenvalue weighted by molar-refractivity contribution is 7.63. The van der Waals surface area contributed by atoms with E-state index in [9.17, 15) is 14.8 Å². The summed E-state index contributed by atoms with van der Waals surface area (Å²) in [5.41, 5.74) is 2.98. The maximum atomic E-state index is 15.1. The molecule has 0 aliphatic heterocycles. The molecule has 1 atom stereocenters. The normalized spacial score (nSPS) is 12.1. The molecule has 1 unspecified atom stereocenters. The molecule has 178 valence electrons. The topological polar surface area (TPSA) is 94.7 Å². The van der Waals surface area contributed by atoms with Crippen molar-refractivity contribution in [2.45, 2.75) is 13.0 Å². The molecule has 4 aromatic rings. The third kappa shape index (κ3) is 4.94. The van der Waals surface area contributed by atoms with E-state index >= 15 is 4.39 Å². The Morgan fingerprint density at radius 2 is 1.91 bits per heavy atom. The van der Waals surface area contributed by atoms with Crippen molar-refractivity contribution in [2.24, 2.45) is 0 Å². The predicted octanol–water partition coefficient (Wildman–Crippen LogP) is 5.32. The van der Waals surface area contributed by atoms with Crippen LogP contribution in [0.15, 0.2) is 42.6 Å². The fourth-order valence-electron chi connectivity index (χ4n) is 3.66. The smallest absolute Gasteiger partial charge is 0.151 e. The number of benzene rings is 1. The number of aromatic nitrogens is 3. The van der Waals surface area contributed by atoms with Crippen molar-refractivity contribution in [3.63, 3.8) is 0 Å². The van der Waals surface area contributed by atoms with Crippen molar-refractivity contribution in [2.75, 3.05) is 25.3 Å². The van der Waals surface area contributed by atoms with Crippen LogP contribution >= 0.6 is 19.5 Å². The maximum absolute atomic E-state index is 15.1. The molecule has 0 saturated carbocycles. The fourth-order valence-corrected chi connectivity index (χ4v) is 4.51. The SMILES string of the molecule is Cc1nc2cc(F)c(-c3ccc(P(C)C)nc3)nc2c(NC(CO)c2cc(C#N)ccc2F)c1Cl. The second-order valence-corrected chi connectivity index (χ2v) is 10.7. The van der Waals surface area contributed by atoms with Gasteiger partial charge in [0.05, 0.1) is 51.6 Å². The molecule has 3 heterocycles. The summed E-state index contributed by atoms with van der Waals surface area (Å²) in [7, 11) is -0.404. The van der Waals surface area contributed by atoms with Gasteiger partial charge in [-0.15, -0.1) is 0 Å². The van der Waals surface area contributed by atoms with Gasteiger partial charge < -0.3 is 10.4 Å². The van der Waals surface area contributed by atoms with Crippen molar-refractivity contribution in [3.05, 3.63) is 76.1 Å². The van der Waals surface area contributed by atoms with Crippen LogP contribution in [0.4, 0.5) is 14.5 Å². The summed E-state index contributed by atoms with van der Waals surface area (Å²) in [4.78, 5) is 13.3. The number of fused-ring (bicyclic) bond motifs is 1. The molecule has 0 fully saturated rings. The lowest BCUT2D eigenvalue weighted by molar-refractivity contribution is 0.274.